The van der Waals surface area contributed by atoms with Crippen molar-refractivity contribution in [3.8, 4) is 5.75 Å². The largest absolute Gasteiger partial charge is 0.508 e. The number of phenolic OH excluding ortho intramolecular Hbond substituents is 1. The average molecular weight is 326 g/mol. The van der Waals surface area contributed by atoms with E-state index >= 15 is 0 Å². The molecule has 0 unspecified atom stereocenters. The zero-order chi connectivity index (χ0) is 14.7. The van der Waals surface area contributed by atoms with Gasteiger partial charge in [-0.15, -0.1) is 12.4 Å². The molecule has 0 saturated carbocycles. The number of halogens is 1. The maximum absolute atomic E-state index is 12.5. The summed E-state index contributed by atoms with van der Waals surface area (Å²) in [6.07, 6.45) is 1.93. The summed E-state index contributed by atoms with van der Waals surface area (Å²) in [4.78, 5) is 16.7. The second-order valence-corrected chi connectivity index (χ2v) is 5.86. The fourth-order valence-corrected chi connectivity index (χ4v) is 3.20. The van der Waals surface area contributed by atoms with Crippen LogP contribution in [0.3, 0.4) is 0 Å². The summed E-state index contributed by atoms with van der Waals surface area (Å²) in [5, 5.41) is 12.9. The zero-order valence-electron chi connectivity index (χ0n) is 12.7. The quantitative estimate of drug-likeness (QED) is 0.864. The fraction of sp³-hybridized carbons (Fsp3) is 0.562. The van der Waals surface area contributed by atoms with E-state index in [4.69, 9.17) is 0 Å². The van der Waals surface area contributed by atoms with E-state index in [0.717, 1.165) is 57.8 Å². The van der Waals surface area contributed by atoms with E-state index in [1.54, 1.807) is 12.1 Å². The zero-order valence-corrected chi connectivity index (χ0v) is 13.5. The smallest absolute Gasteiger partial charge is 0.225 e. The van der Waals surface area contributed by atoms with E-state index in [9.17, 15) is 9.90 Å². The third-order valence-corrected chi connectivity index (χ3v) is 4.47. The summed E-state index contributed by atoms with van der Waals surface area (Å²) in [5.41, 5.74) is 1.03. The normalized spacial score (nSPS) is 19.6. The first kappa shape index (κ1) is 16.9. The SMILES string of the molecule is Cl.O=C(C1CCNCC1)N1CCN(c2cccc(O)c2)CC1. The van der Waals surface area contributed by atoms with Crippen molar-refractivity contribution in [3.05, 3.63) is 24.3 Å². The summed E-state index contributed by atoms with van der Waals surface area (Å²) in [7, 11) is 0. The number of anilines is 1. The van der Waals surface area contributed by atoms with Gasteiger partial charge >= 0.3 is 0 Å². The standard InChI is InChI=1S/C16H23N3O2.ClH/c20-15-3-1-2-14(12-15)18-8-10-19(11-9-18)16(21)13-4-6-17-7-5-13;/h1-3,12-13,17,20H,4-11H2;1H. The Balaban J connectivity index is 0.00000176. The Kier molecular flexibility index (Phi) is 5.91. The molecule has 2 N–H and O–H groups in total. The first-order chi connectivity index (χ1) is 10.2. The predicted octanol–water partition coefficient (Wildman–Crippen LogP) is 1.46. The Morgan fingerprint density at radius 1 is 1.14 bits per heavy atom. The number of carbonyl (C=O) groups is 1. The minimum Gasteiger partial charge on any atom is -0.508 e. The number of hydrogen-bond donors (Lipinski definition) is 2. The highest BCUT2D eigenvalue weighted by Gasteiger charge is 2.28. The van der Waals surface area contributed by atoms with Gasteiger partial charge in [-0.25, -0.2) is 0 Å². The van der Waals surface area contributed by atoms with E-state index in [-0.39, 0.29) is 18.3 Å². The Labute approximate surface area is 137 Å². The Morgan fingerprint density at radius 3 is 2.45 bits per heavy atom. The summed E-state index contributed by atoms with van der Waals surface area (Å²) >= 11 is 0. The number of piperazine rings is 1. The highest BCUT2D eigenvalue weighted by Crippen LogP contribution is 2.22. The molecule has 3 rings (SSSR count). The lowest BCUT2D eigenvalue weighted by molar-refractivity contribution is -0.136. The first-order valence-electron chi connectivity index (χ1n) is 7.77. The Hall–Kier alpha value is -1.46. The molecular weight excluding hydrogens is 302 g/mol. The maximum atomic E-state index is 12.5. The van der Waals surface area contributed by atoms with Crippen LogP contribution in [-0.2, 0) is 4.79 Å². The van der Waals surface area contributed by atoms with E-state index in [2.05, 4.69) is 10.2 Å². The molecule has 0 bridgehead atoms. The van der Waals surface area contributed by atoms with Gasteiger partial charge in [0, 0.05) is 43.9 Å². The lowest BCUT2D eigenvalue weighted by atomic mass is 9.96. The van der Waals surface area contributed by atoms with Gasteiger partial charge in [0.15, 0.2) is 0 Å². The predicted molar refractivity (Wildman–Crippen MR) is 89.7 cm³/mol. The molecule has 0 atom stereocenters. The molecule has 0 spiro atoms. The summed E-state index contributed by atoms with van der Waals surface area (Å²) in [5.74, 6) is 0.825. The van der Waals surface area contributed by atoms with Crippen LogP contribution in [0.1, 0.15) is 12.8 Å². The lowest BCUT2D eigenvalue weighted by Gasteiger charge is -2.38. The molecule has 1 aromatic rings. The third kappa shape index (κ3) is 3.84. The lowest BCUT2D eigenvalue weighted by Crippen LogP contribution is -2.51. The number of amides is 1. The van der Waals surface area contributed by atoms with Gasteiger partial charge in [-0.3, -0.25) is 4.79 Å². The van der Waals surface area contributed by atoms with Crippen molar-refractivity contribution in [2.45, 2.75) is 12.8 Å². The average Bonchev–Trinajstić information content (AvgIpc) is 2.55. The number of carbonyl (C=O) groups excluding carboxylic acids is 1. The molecular formula is C16H24ClN3O2. The molecule has 0 aromatic heterocycles. The number of aromatic hydroxyl groups is 1. The van der Waals surface area contributed by atoms with Crippen molar-refractivity contribution < 1.29 is 9.90 Å². The second kappa shape index (κ2) is 7.70. The van der Waals surface area contributed by atoms with Crippen molar-refractivity contribution in [1.29, 1.82) is 0 Å². The van der Waals surface area contributed by atoms with E-state index in [0.29, 0.717) is 11.7 Å². The van der Waals surface area contributed by atoms with Gasteiger partial charge in [-0.2, -0.15) is 0 Å². The molecule has 2 heterocycles. The summed E-state index contributed by atoms with van der Waals surface area (Å²) < 4.78 is 0. The van der Waals surface area contributed by atoms with Gasteiger partial charge in [-0.05, 0) is 38.1 Å². The Morgan fingerprint density at radius 2 is 1.82 bits per heavy atom. The topological polar surface area (TPSA) is 55.8 Å². The molecule has 1 aromatic carbocycles. The summed E-state index contributed by atoms with van der Waals surface area (Å²) in [6, 6.07) is 7.33. The van der Waals surface area contributed by atoms with Crippen LogP contribution in [0.15, 0.2) is 24.3 Å². The van der Waals surface area contributed by atoms with Crippen molar-refractivity contribution in [2.75, 3.05) is 44.2 Å². The molecule has 2 fully saturated rings. The number of phenols is 1. The van der Waals surface area contributed by atoms with Crippen LogP contribution in [0.2, 0.25) is 0 Å². The number of rotatable bonds is 2. The van der Waals surface area contributed by atoms with Crippen LogP contribution in [0.5, 0.6) is 5.75 Å². The molecule has 2 saturated heterocycles. The molecule has 22 heavy (non-hydrogen) atoms. The van der Waals surface area contributed by atoms with Crippen LogP contribution < -0.4 is 10.2 Å². The maximum Gasteiger partial charge on any atom is 0.225 e. The summed E-state index contributed by atoms with van der Waals surface area (Å²) in [6.45, 7) is 5.14. The van der Waals surface area contributed by atoms with Crippen molar-refractivity contribution in [3.63, 3.8) is 0 Å². The number of benzene rings is 1. The second-order valence-electron chi connectivity index (χ2n) is 5.86. The molecule has 0 radical (unpaired) electrons. The minimum atomic E-state index is 0. The fourth-order valence-electron chi connectivity index (χ4n) is 3.20. The molecule has 122 valence electrons. The highest BCUT2D eigenvalue weighted by atomic mass is 35.5. The van der Waals surface area contributed by atoms with E-state index in [1.165, 1.54) is 0 Å². The molecule has 1 amide bonds. The number of piperidine rings is 1. The van der Waals surface area contributed by atoms with Gasteiger partial charge in [0.05, 0.1) is 0 Å². The van der Waals surface area contributed by atoms with Crippen LogP contribution in [0.4, 0.5) is 5.69 Å². The number of nitrogens with zero attached hydrogens (tertiary/aromatic N) is 2. The van der Waals surface area contributed by atoms with Crippen molar-refractivity contribution >= 4 is 24.0 Å². The van der Waals surface area contributed by atoms with Gasteiger partial charge in [-0.1, -0.05) is 6.07 Å². The molecule has 2 aliphatic heterocycles. The van der Waals surface area contributed by atoms with Crippen molar-refractivity contribution in [2.24, 2.45) is 5.92 Å². The van der Waals surface area contributed by atoms with Gasteiger partial charge < -0.3 is 20.2 Å². The van der Waals surface area contributed by atoms with Crippen LogP contribution in [0.25, 0.3) is 0 Å². The van der Waals surface area contributed by atoms with Gasteiger partial charge in [0.25, 0.3) is 0 Å². The van der Waals surface area contributed by atoms with E-state index < -0.39 is 0 Å². The van der Waals surface area contributed by atoms with Gasteiger partial charge in [0.2, 0.25) is 5.91 Å². The van der Waals surface area contributed by atoms with Crippen LogP contribution in [-0.4, -0.2) is 55.2 Å². The highest BCUT2D eigenvalue weighted by molar-refractivity contribution is 5.85. The van der Waals surface area contributed by atoms with E-state index in [1.807, 2.05) is 17.0 Å². The van der Waals surface area contributed by atoms with Crippen molar-refractivity contribution in [1.82, 2.24) is 10.2 Å². The molecule has 5 nitrogen and oxygen atoms in total. The van der Waals surface area contributed by atoms with Gasteiger partial charge in [0.1, 0.15) is 5.75 Å². The van der Waals surface area contributed by atoms with Crippen LogP contribution in [0, 0.1) is 5.92 Å². The molecule has 0 aliphatic carbocycles. The Bertz CT molecular complexity index is 498. The van der Waals surface area contributed by atoms with Crippen LogP contribution >= 0.6 is 12.4 Å². The minimum absolute atomic E-state index is 0. The number of hydrogen-bond acceptors (Lipinski definition) is 4. The molecule has 2 aliphatic rings. The molecule has 6 heteroatoms. The first-order valence-corrected chi connectivity index (χ1v) is 7.77. The third-order valence-electron chi connectivity index (χ3n) is 4.47. The monoisotopic (exact) mass is 325 g/mol. The number of nitrogens with one attached hydrogen (secondary N) is 1.